The molecule has 0 bridgehead atoms. The average molecular weight is 321 g/mol. The van der Waals surface area contributed by atoms with Crippen molar-refractivity contribution in [1.29, 1.82) is 0 Å². The molecule has 0 aliphatic heterocycles. The largest absolute Gasteiger partial charge is 0.310 e. The minimum atomic E-state index is 0.729. The Bertz CT molecular complexity index is 601. The van der Waals surface area contributed by atoms with Crippen molar-refractivity contribution in [3.05, 3.63) is 39.9 Å². The van der Waals surface area contributed by atoms with Crippen molar-refractivity contribution >= 4 is 15.9 Å². The van der Waals surface area contributed by atoms with E-state index in [0.717, 1.165) is 34.4 Å². The first-order valence-electron chi connectivity index (χ1n) is 6.56. The van der Waals surface area contributed by atoms with Crippen molar-refractivity contribution in [3.8, 4) is 5.69 Å². The molecule has 5 heteroatoms. The fraction of sp³-hybridized carbons (Fsp3) is 0.429. The number of benzene rings is 1. The van der Waals surface area contributed by atoms with E-state index in [-0.39, 0.29) is 0 Å². The van der Waals surface area contributed by atoms with Crippen molar-refractivity contribution in [2.45, 2.75) is 39.3 Å². The van der Waals surface area contributed by atoms with Gasteiger partial charge in [-0.3, -0.25) is 0 Å². The first-order valence-corrected chi connectivity index (χ1v) is 7.35. The van der Waals surface area contributed by atoms with Gasteiger partial charge in [-0.05, 0) is 44.4 Å². The summed E-state index contributed by atoms with van der Waals surface area (Å²) in [5.41, 5.74) is 2.32. The van der Waals surface area contributed by atoms with Gasteiger partial charge >= 0.3 is 0 Å². The van der Waals surface area contributed by atoms with E-state index in [9.17, 15) is 0 Å². The molecule has 1 aliphatic rings. The number of nitrogens with zero attached hydrogens (tertiary/aromatic N) is 3. The smallest absolute Gasteiger partial charge is 0.148 e. The maximum Gasteiger partial charge on any atom is 0.148 e. The molecule has 0 amide bonds. The molecule has 100 valence electrons. The van der Waals surface area contributed by atoms with Gasteiger partial charge in [-0.2, -0.15) is 5.10 Å². The number of aryl methyl sites for hydroxylation is 2. The van der Waals surface area contributed by atoms with Gasteiger partial charge in [-0.25, -0.2) is 9.67 Å². The Hall–Kier alpha value is -1.20. The van der Waals surface area contributed by atoms with Gasteiger partial charge < -0.3 is 5.32 Å². The molecule has 0 radical (unpaired) electrons. The van der Waals surface area contributed by atoms with Gasteiger partial charge in [-0.1, -0.05) is 22.0 Å². The van der Waals surface area contributed by atoms with E-state index in [1.807, 2.05) is 18.5 Å². The number of aromatic nitrogens is 3. The molecule has 0 unspecified atom stereocenters. The number of hydrogen-bond acceptors (Lipinski definition) is 3. The van der Waals surface area contributed by atoms with E-state index in [4.69, 9.17) is 0 Å². The lowest BCUT2D eigenvalue weighted by atomic mass is 10.2. The molecule has 1 aromatic heterocycles. The highest BCUT2D eigenvalue weighted by atomic mass is 79.9. The summed E-state index contributed by atoms with van der Waals surface area (Å²) in [6.07, 6.45) is 2.63. The molecule has 1 saturated carbocycles. The van der Waals surface area contributed by atoms with Gasteiger partial charge in [0.25, 0.3) is 0 Å². The van der Waals surface area contributed by atoms with Crippen LogP contribution in [-0.4, -0.2) is 20.8 Å². The van der Waals surface area contributed by atoms with Crippen LogP contribution in [0.4, 0.5) is 0 Å². The van der Waals surface area contributed by atoms with Gasteiger partial charge in [0.05, 0.1) is 5.69 Å². The van der Waals surface area contributed by atoms with Gasteiger partial charge in [0.15, 0.2) is 0 Å². The summed E-state index contributed by atoms with van der Waals surface area (Å²) in [7, 11) is 0. The zero-order valence-corrected chi connectivity index (χ0v) is 12.7. The van der Waals surface area contributed by atoms with Crippen LogP contribution in [0.2, 0.25) is 0 Å². The molecular weight excluding hydrogens is 304 g/mol. The summed E-state index contributed by atoms with van der Waals surface area (Å²) in [4.78, 5) is 4.33. The predicted octanol–water partition coefficient (Wildman–Crippen LogP) is 2.90. The van der Waals surface area contributed by atoms with E-state index < -0.39 is 0 Å². The highest BCUT2D eigenvalue weighted by Crippen LogP contribution is 2.24. The SMILES string of the molecule is Cc1nc(C)n(-c2ccc(CNC3CC3)c(Br)c2)n1. The van der Waals surface area contributed by atoms with Crippen molar-refractivity contribution in [2.24, 2.45) is 0 Å². The molecule has 1 aliphatic carbocycles. The highest BCUT2D eigenvalue weighted by Gasteiger charge is 2.20. The van der Waals surface area contributed by atoms with Crippen molar-refractivity contribution in [3.63, 3.8) is 0 Å². The minimum absolute atomic E-state index is 0.729. The third-order valence-corrected chi connectivity index (χ3v) is 4.05. The molecule has 0 atom stereocenters. The van der Waals surface area contributed by atoms with E-state index in [1.54, 1.807) is 0 Å². The summed E-state index contributed by atoms with van der Waals surface area (Å²) in [5, 5.41) is 7.93. The minimum Gasteiger partial charge on any atom is -0.310 e. The highest BCUT2D eigenvalue weighted by molar-refractivity contribution is 9.10. The Morgan fingerprint density at radius 1 is 1.37 bits per heavy atom. The van der Waals surface area contributed by atoms with Gasteiger partial charge in [0, 0.05) is 17.1 Å². The lowest BCUT2D eigenvalue weighted by Gasteiger charge is -2.09. The van der Waals surface area contributed by atoms with Gasteiger partial charge in [0.2, 0.25) is 0 Å². The molecule has 2 aromatic rings. The lowest BCUT2D eigenvalue weighted by Crippen LogP contribution is -2.15. The summed E-state index contributed by atoms with van der Waals surface area (Å²) >= 11 is 3.64. The second kappa shape index (κ2) is 5.06. The summed E-state index contributed by atoms with van der Waals surface area (Å²) in [5.74, 6) is 1.71. The Morgan fingerprint density at radius 2 is 2.16 bits per heavy atom. The van der Waals surface area contributed by atoms with E-state index in [0.29, 0.717) is 0 Å². The maximum absolute atomic E-state index is 4.40. The topological polar surface area (TPSA) is 42.7 Å². The van der Waals surface area contributed by atoms with Crippen molar-refractivity contribution in [2.75, 3.05) is 0 Å². The zero-order chi connectivity index (χ0) is 13.4. The third-order valence-electron chi connectivity index (χ3n) is 3.31. The average Bonchev–Trinajstić information content (AvgIpc) is 3.12. The molecule has 0 saturated heterocycles. The molecule has 1 heterocycles. The summed E-state index contributed by atoms with van der Waals surface area (Å²) in [6, 6.07) is 7.07. The van der Waals surface area contributed by atoms with Crippen LogP contribution in [0.3, 0.4) is 0 Å². The number of halogens is 1. The predicted molar refractivity (Wildman–Crippen MR) is 78.4 cm³/mol. The molecule has 3 rings (SSSR count). The first-order chi connectivity index (χ1) is 9.13. The van der Waals surface area contributed by atoms with Crippen LogP contribution in [0, 0.1) is 13.8 Å². The Labute approximate surface area is 121 Å². The van der Waals surface area contributed by atoms with Crippen LogP contribution in [0.1, 0.15) is 30.1 Å². The van der Waals surface area contributed by atoms with Crippen LogP contribution < -0.4 is 5.32 Å². The lowest BCUT2D eigenvalue weighted by molar-refractivity contribution is 0.685. The fourth-order valence-corrected chi connectivity index (χ4v) is 2.63. The van der Waals surface area contributed by atoms with Crippen LogP contribution in [0.5, 0.6) is 0 Å². The quantitative estimate of drug-likeness (QED) is 0.941. The molecule has 1 aromatic carbocycles. The van der Waals surface area contributed by atoms with Gasteiger partial charge in [-0.15, -0.1) is 0 Å². The third kappa shape index (κ3) is 2.87. The standard InChI is InChI=1S/C14H17BrN4/c1-9-17-10(2)19(18-9)13-6-3-11(14(15)7-13)8-16-12-4-5-12/h3,6-7,12,16H,4-5,8H2,1-2H3. The summed E-state index contributed by atoms with van der Waals surface area (Å²) < 4.78 is 2.99. The van der Waals surface area contributed by atoms with E-state index in [1.165, 1.54) is 18.4 Å². The fourth-order valence-electron chi connectivity index (χ4n) is 2.12. The van der Waals surface area contributed by atoms with Crippen LogP contribution in [-0.2, 0) is 6.54 Å². The maximum atomic E-state index is 4.40. The van der Waals surface area contributed by atoms with Crippen LogP contribution in [0.15, 0.2) is 22.7 Å². The van der Waals surface area contributed by atoms with Crippen molar-refractivity contribution in [1.82, 2.24) is 20.1 Å². The number of nitrogens with one attached hydrogen (secondary N) is 1. The van der Waals surface area contributed by atoms with E-state index in [2.05, 4.69) is 49.5 Å². The molecular formula is C14H17BrN4. The number of rotatable bonds is 4. The normalized spacial score (nSPS) is 14.9. The monoisotopic (exact) mass is 320 g/mol. The van der Waals surface area contributed by atoms with Crippen LogP contribution in [0.25, 0.3) is 5.69 Å². The molecule has 1 fully saturated rings. The second-order valence-electron chi connectivity index (χ2n) is 5.05. The van der Waals surface area contributed by atoms with E-state index >= 15 is 0 Å². The Balaban J connectivity index is 1.83. The molecule has 19 heavy (non-hydrogen) atoms. The number of hydrogen-bond donors (Lipinski definition) is 1. The Kier molecular flexibility index (Phi) is 3.41. The van der Waals surface area contributed by atoms with Crippen molar-refractivity contribution < 1.29 is 0 Å². The Morgan fingerprint density at radius 3 is 2.74 bits per heavy atom. The summed E-state index contributed by atoms with van der Waals surface area (Å²) in [6.45, 7) is 4.80. The van der Waals surface area contributed by atoms with Gasteiger partial charge in [0.1, 0.15) is 11.6 Å². The molecule has 1 N–H and O–H groups in total. The second-order valence-corrected chi connectivity index (χ2v) is 5.90. The van der Waals surface area contributed by atoms with Crippen LogP contribution >= 0.6 is 15.9 Å². The molecule has 4 nitrogen and oxygen atoms in total. The zero-order valence-electron chi connectivity index (χ0n) is 11.2. The first kappa shape index (κ1) is 12.8. The molecule has 0 spiro atoms.